The van der Waals surface area contributed by atoms with E-state index in [2.05, 4.69) is 15.2 Å². The van der Waals surface area contributed by atoms with Gasteiger partial charge in [-0.25, -0.2) is 9.78 Å². The van der Waals surface area contributed by atoms with Crippen LogP contribution in [0.1, 0.15) is 27.8 Å². The molecule has 0 aliphatic carbocycles. The molecule has 3 N–H and O–H groups in total. The molecule has 1 aromatic carbocycles. The number of nitrogens with zero attached hydrogens (tertiary/aromatic N) is 2. The summed E-state index contributed by atoms with van der Waals surface area (Å²) in [5, 5.41) is 7.26. The summed E-state index contributed by atoms with van der Waals surface area (Å²) >= 11 is 0. The van der Waals surface area contributed by atoms with E-state index in [1.54, 1.807) is 37.3 Å². The lowest BCUT2D eigenvalue weighted by Crippen LogP contribution is -2.10. The molecule has 0 aliphatic rings. The number of hydrogen-bond acceptors (Lipinski definition) is 5. The lowest BCUT2D eigenvalue weighted by molar-refractivity contribution is 0.0521. The number of nitrogens with two attached hydrogens (primary N) is 1. The maximum absolute atomic E-state index is 11.8. The standard InChI is InChI=1S/C16H14N4O3/c1-2-23-16(22)13-11-6-7-12(18-15(11)20-19-13)9-4-3-5-10(8-9)14(17)21/h3-8H,2H2,1H3,(H2,17,21)(H,18,19,20). The third-order valence-electron chi connectivity index (χ3n) is 3.34. The van der Waals surface area contributed by atoms with Crippen LogP contribution in [0.3, 0.4) is 0 Å². The Kier molecular flexibility index (Phi) is 3.76. The van der Waals surface area contributed by atoms with Crippen LogP contribution in [0.2, 0.25) is 0 Å². The van der Waals surface area contributed by atoms with Gasteiger partial charge in [0.05, 0.1) is 17.7 Å². The molecule has 0 fully saturated rings. The Balaban J connectivity index is 2.03. The number of H-pyrrole nitrogens is 1. The van der Waals surface area contributed by atoms with Gasteiger partial charge in [0.1, 0.15) is 0 Å². The smallest absolute Gasteiger partial charge is 0.357 e. The number of primary amides is 1. The molecule has 0 saturated heterocycles. The number of rotatable bonds is 4. The molecular weight excluding hydrogens is 296 g/mol. The Morgan fingerprint density at radius 3 is 2.83 bits per heavy atom. The van der Waals surface area contributed by atoms with Crippen molar-refractivity contribution >= 4 is 22.9 Å². The lowest BCUT2D eigenvalue weighted by atomic mass is 10.1. The zero-order valence-corrected chi connectivity index (χ0v) is 12.4. The van der Waals surface area contributed by atoms with Gasteiger partial charge in [0.15, 0.2) is 11.3 Å². The lowest BCUT2D eigenvalue weighted by Gasteiger charge is -2.03. The molecule has 23 heavy (non-hydrogen) atoms. The highest BCUT2D eigenvalue weighted by atomic mass is 16.5. The SMILES string of the molecule is CCOC(=O)c1[nH]nc2nc(-c3cccc(C(N)=O)c3)ccc12. The van der Waals surface area contributed by atoms with E-state index in [4.69, 9.17) is 10.5 Å². The molecule has 7 nitrogen and oxygen atoms in total. The van der Waals surface area contributed by atoms with Crippen molar-refractivity contribution in [1.82, 2.24) is 15.2 Å². The second-order valence-corrected chi connectivity index (χ2v) is 4.83. The number of pyridine rings is 1. The minimum Gasteiger partial charge on any atom is -0.461 e. The minimum atomic E-state index is -0.503. The Morgan fingerprint density at radius 2 is 2.09 bits per heavy atom. The zero-order valence-electron chi connectivity index (χ0n) is 12.4. The Bertz CT molecular complexity index is 901. The van der Waals surface area contributed by atoms with Crippen molar-refractivity contribution in [1.29, 1.82) is 0 Å². The number of amides is 1. The van der Waals surface area contributed by atoms with Crippen LogP contribution in [0, 0.1) is 0 Å². The summed E-state index contributed by atoms with van der Waals surface area (Å²) in [6, 6.07) is 10.3. The number of ether oxygens (including phenoxy) is 1. The van der Waals surface area contributed by atoms with Crippen molar-refractivity contribution in [2.24, 2.45) is 5.73 Å². The molecule has 0 bridgehead atoms. The summed E-state index contributed by atoms with van der Waals surface area (Å²) in [6.07, 6.45) is 0. The monoisotopic (exact) mass is 310 g/mol. The number of nitrogens with one attached hydrogen (secondary N) is 1. The fourth-order valence-corrected chi connectivity index (χ4v) is 2.25. The molecule has 0 radical (unpaired) electrons. The number of hydrogen-bond donors (Lipinski definition) is 2. The van der Waals surface area contributed by atoms with Crippen LogP contribution in [0.4, 0.5) is 0 Å². The quantitative estimate of drug-likeness (QED) is 0.715. The predicted molar refractivity (Wildman–Crippen MR) is 83.8 cm³/mol. The van der Waals surface area contributed by atoms with Crippen molar-refractivity contribution in [3.8, 4) is 11.3 Å². The maximum atomic E-state index is 11.8. The molecule has 0 saturated carbocycles. The molecular formula is C16H14N4O3. The molecule has 0 aliphatic heterocycles. The van der Waals surface area contributed by atoms with Gasteiger partial charge in [0, 0.05) is 11.1 Å². The predicted octanol–water partition coefficient (Wildman–Crippen LogP) is 1.90. The van der Waals surface area contributed by atoms with E-state index in [-0.39, 0.29) is 12.3 Å². The van der Waals surface area contributed by atoms with Crippen molar-refractivity contribution in [2.75, 3.05) is 6.61 Å². The first-order chi connectivity index (χ1) is 11.1. The first-order valence-electron chi connectivity index (χ1n) is 7.02. The molecule has 3 rings (SSSR count). The molecule has 0 unspecified atom stereocenters. The van der Waals surface area contributed by atoms with Gasteiger partial charge in [0.2, 0.25) is 5.91 Å². The summed E-state index contributed by atoms with van der Waals surface area (Å²) in [7, 11) is 0. The molecule has 2 heterocycles. The minimum absolute atomic E-state index is 0.270. The van der Waals surface area contributed by atoms with Crippen molar-refractivity contribution in [2.45, 2.75) is 6.92 Å². The first kappa shape index (κ1) is 14.7. The topological polar surface area (TPSA) is 111 Å². The van der Waals surface area contributed by atoms with Gasteiger partial charge < -0.3 is 10.5 Å². The average Bonchev–Trinajstić information content (AvgIpc) is 2.98. The van der Waals surface area contributed by atoms with E-state index < -0.39 is 11.9 Å². The molecule has 1 amide bonds. The van der Waals surface area contributed by atoms with Gasteiger partial charge in [-0.2, -0.15) is 5.10 Å². The van der Waals surface area contributed by atoms with Crippen LogP contribution in [-0.2, 0) is 4.74 Å². The highest BCUT2D eigenvalue weighted by Crippen LogP contribution is 2.23. The molecule has 0 spiro atoms. The summed E-state index contributed by atoms with van der Waals surface area (Å²) in [5.74, 6) is -0.974. The second kappa shape index (κ2) is 5.88. The number of carbonyl (C=O) groups excluding carboxylic acids is 2. The van der Waals surface area contributed by atoms with Crippen LogP contribution in [0.5, 0.6) is 0 Å². The van der Waals surface area contributed by atoms with Gasteiger partial charge in [-0.05, 0) is 31.2 Å². The van der Waals surface area contributed by atoms with Crippen molar-refractivity contribution < 1.29 is 14.3 Å². The number of carbonyl (C=O) groups is 2. The Labute approximate surface area is 131 Å². The Morgan fingerprint density at radius 1 is 1.26 bits per heavy atom. The fourth-order valence-electron chi connectivity index (χ4n) is 2.25. The number of benzene rings is 1. The number of aromatic nitrogens is 3. The number of esters is 1. The second-order valence-electron chi connectivity index (χ2n) is 4.83. The van der Waals surface area contributed by atoms with Crippen LogP contribution in [0.25, 0.3) is 22.3 Å². The summed E-state index contributed by atoms with van der Waals surface area (Å²) < 4.78 is 4.96. The number of aromatic amines is 1. The third kappa shape index (κ3) is 2.76. The van der Waals surface area contributed by atoms with Crippen LogP contribution in [0.15, 0.2) is 36.4 Å². The van der Waals surface area contributed by atoms with E-state index in [0.29, 0.717) is 22.3 Å². The summed E-state index contributed by atoms with van der Waals surface area (Å²) in [5.41, 5.74) is 7.73. The van der Waals surface area contributed by atoms with E-state index in [1.165, 1.54) is 0 Å². The van der Waals surface area contributed by atoms with Gasteiger partial charge in [-0.1, -0.05) is 12.1 Å². The van der Waals surface area contributed by atoms with Gasteiger partial charge in [-0.15, -0.1) is 0 Å². The van der Waals surface area contributed by atoms with Crippen LogP contribution >= 0.6 is 0 Å². The summed E-state index contributed by atoms with van der Waals surface area (Å²) in [6.45, 7) is 2.02. The molecule has 3 aromatic rings. The number of fused-ring (bicyclic) bond motifs is 1. The van der Waals surface area contributed by atoms with E-state index >= 15 is 0 Å². The van der Waals surface area contributed by atoms with Crippen LogP contribution < -0.4 is 5.73 Å². The first-order valence-corrected chi connectivity index (χ1v) is 7.02. The fraction of sp³-hybridized carbons (Fsp3) is 0.125. The van der Waals surface area contributed by atoms with E-state index in [1.807, 2.05) is 6.07 Å². The zero-order chi connectivity index (χ0) is 16.4. The van der Waals surface area contributed by atoms with Crippen molar-refractivity contribution in [3.63, 3.8) is 0 Å². The van der Waals surface area contributed by atoms with Gasteiger partial charge >= 0.3 is 5.97 Å². The third-order valence-corrected chi connectivity index (χ3v) is 3.34. The normalized spacial score (nSPS) is 10.7. The molecule has 7 heteroatoms. The Hall–Kier alpha value is -3.22. The average molecular weight is 310 g/mol. The summed E-state index contributed by atoms with van der Waals surface area (Å²) in [4.78, 5) is 27.5. The van der Waals surface area contributed by atoms with Crippen LogP contribution in [-0.4, -0.2) is 33.7 Å². The molecule has 0 atom stereocenters. The highest BCUT2D eigenvalue weighted by Gasteiger charge is 2.16. The largest absolute Gasteiger partial charge is 0.461 e. The highest BCUT2D eigenvalue weighted by molar-refractivity contribution is 6.01. The van der Waals surface area contributed by atoms with Gasteiger partial charge in [0.25, 0.3) is 0 Å². The van der Waals surface area contributed by atoms with Gasteiger partial charge in [-0.3, -0.25) is 9.89 Å². The maximum Gasteiger partial charge on any atom is 0.357 e. The van der Waals surface area contributed by atoms with E-state index in [0.717, 1.165) is 5.56 Å². The molecule has 2 aromatic heterocycles. The molecule has 116 valence electrons. The van der Waals surface area contributed by atoms with Crippen molar-refractivity contribution in [3.05, 3.63) is 47.7 Å². The van der Waals surface area contributed by atoms with E-state index in [9.17, 15) is 9.59 Å².